The second-order valence-electron chi connectivity index (χ2n) is 11.7. The molecule has 3 fully saturated rings. The van der Waals surface area contributed by atoms with Crippen LogP contribution in [-0.2, 0) is 4.74 Å². The van der Waals surface area contributed by atoms with E-state index in [0.717, 1.165) is 19.4 Å². The number of nitrogens with zero attached hydrogens (tertiary/aromatic N) is 4. The Hall–Kier alpha value is -4.27. The molecular weight excluding hydrogens is 558 g/mol. The van der Waals surface area contributed by atoms with Gasteiger partial charge in [-0.05, 0) is 49.9 Å². The van der Waals surface area contributed by atoms with Crippen LogP contribution in [0.1, 0.15) is 30.4 Å². The van der Waals surface area contributed by atoms with Gasteiger partial charge in [-0.1, -0.05) is 12.0 Å². The number of methoxy groups -OCH3 is 1. The van der Waals surface area contributed by atoms with Crippen molar-refractivity contribution in [2.75, 3.05) is 44.8 Å². The number of rotatable bonds is 6. The average Bonchev–Trinajstić information content (AvgIpc) is 3.48. The van der Waals surface area contributed by atoms with E-state index in [9.17, 15) is 18.7 Å². The number of alkyl halides is 1. The van der Waals surface area contributed by atoms with Crippen LogP contribution in [0.5, 0.6) is 11.8 Å². The van der Waals surface area contributed by atoms with Crippen molar-refractivity contribution < 1.29 is 27.8 Å². The number of aromatic nitrogens is 2. The van der Waals surface area contributed by atoms with Crippen LogP contribution in [0, 0.1) is 25.1 Å². The quantitative estimate of drug-likeness (QED) is 0.330. The highest BCUT2D eigenvalue weighted by Crippen LogP contribution is 2.42. The lowest BCUT2D eigenvalue weighted by molar-refractivity contribution is 0.0781. The maximum atomic E-state index is 14.8. The third kappa shape index (κ3) is 4.39. The van der Waals surface area contributed by atoms with Crippen molar-refractivity contribution in [3.8, 4) is 35.4 Å². The zero-order valence-corrected chi connectivity index (χ0v) is 23.8. The summed E-state index contributed by atoms with van der Waals surface area (Å²) in [6.07, 6.45) is 6.93. The molecule has 0 amide bonds. The third-order valence-corrected chi connectivity index (χ3v) is 9.12. The summed E-state index contributed by atoms with van der Waals surface area (Å²) in [6, 6.07) is 5.64. The van der Waals surface area contributed by atoms with Crippen LogP contribution in [0.3, 0.4) is 0 Å². The number of hydrogen-bond acceptors (Lipinski definition) is 9. The number of phenols is 1. The molecule has 5 heterocycles. The molecule has 7 rings (SSSR count). The van der Waals surface area contributed by atoms with Crippen LogP contribution >= 0.6 is 0 Å². The van der Waals surface area contributed by atoms with Crippen molar-refractivity contribution in [2.45, 2.75) is 44.0 Å². The fraction of sp³-hybridized carbons (Fsp3) is 0.406. The highest BCUT2D eigenvalue weighted by atomic mass is 19.1. The number of ether oxygens (including phenoxy) is 2. The van der Waals surface area contributed by atoms with Gasteiger partial charge in [-0.15, -0.1) is 6.42 Å². The monoisotopic (exact) mass is 588 g/mol. The zero-order valence-electron chi connectivity index (χ0n) is 23.8. The summed E-state index contributed by atoms with van der Waals surface area (Å²) in [5.74, 6) is 2.10. The first-order valence-corrected chi connectivity index (χ1v) is 14.3. The van der Waals surface area contributed by atoms with Crippen molar-refractivity contribution in [2.24, 2.45) is 0 Å². The number of aryl methyl sites for hydroxylation is 1. The summed E-state index contributed by atoms with van der Waals surface area (Å²) in [4.78, 5) is 27.0. The normalized spacial score (nSPS) is 22.2. The number of halogens is 2. The summed E-state index contributed by atoms with van der Waals surface area (Å²) in [7, 11) is 1.62. The molecule has 3 saturated heterocycles. The van der Waals surface area contributed by atoms with Crippen LogP contribution in [0.2, 0.25) is 0 Å². The lowest BCUT2D eigenvalue weighted by atomic mass is 9.95. The largest absolute Gasteiger partial charge is 0.508 e. The van der Waals surface area contributed by atoms with Crippen molar-refractivity contribution in [1.29, 1.82) is 0 Å². The SMILES string of the molecule is C#Cc1c(F)ccc2cc(O)cc(-c3oc(=O)c4c(N5CC(OC)C5)nc(OC[C@@]56CCCN5C[C@H](F)C6)nc4c3C)c12. The summed E-state index contributed by atoms with van der Waals surface area (Å²) >= 11 is 0. The second-order valence-corrected chi connectivity index (χ2v) is 11.7. The minimum atomic E-state index is -0.909. The van der Waals surface area contributed by atoms with E-state index in [0.29, 0.717) is 48.2 Å². The summed E-state index contributed by atoms with van der Waals surface area (Å²) in [5, 5.41) is 11.5. The van der Waals surface area contributed by atoms with Gasteiger partial charge in [-0.3, -0.25) is 4.90 Å². The maximum Gasteiger partial charge on any atom is 0.349 e. The van der Waals surface area contributed by atoms with E-state index in [1.54, 1.807) is 14.0 Å². The molecule has 222 valence electrons. The fourth-order valence-corrected chi connectivity index (χ4v) is 6.92. The van der Waals surface area contributed by atoms with E-state index in [4.69, 9.17) is 20.3 Å². The number of benzene rings is 2. The first kappa shape index (κ1) is 27.6. The number of phenolic OH excluding ortho intramolecular Hbond substituents is 1. The molecule has 4 aromatic rings. The van der Waals surface area contributed by atoms with Gasteiger partial charge in [-0.2, -0.15) is 9.97 Å². The van der Waals surface area contributed by atoms with Crippen molar-refractivity contribution in [3.05, 3.63) is 51.6 Å². The molecule has 0 bridgehead atoms. The van der Waals surface area contributed by atoms with Gasteiger partial charge in [0.1, 0.15) is 35.5 Å². The Morgan fingerprint density at radius 1 is 1.23 bits per heavy atom. The molecule has 3 aliphatic rings. The molecule has 0 saturated carbocycles. The van der Waals surface area contributed by atoms with Crippen molar-refractivity contribution in [3.63, 3.8) is 0 Å². The highest BCUT2D eigenvalue weighted by Gasteiger charge is 2.49. The number of anilines is 1. The third-order valence-electron chi connectivity index (χ3n) is 9.12. The van der Waals surface area contributed by atoms with Gasteiger partial charge in [0.15, 0.2) is 5.82 Å². The zero-order chi connectivity index (χ0) is 30.0. The van der Waals surface area contributed by atoms with E-state index < -0.39 is 23.2 Å². The van der Waals surface area contributed by atoms with E-state index in [2.05, 4.69) is 20.8 Å². The van der Waals surface area contributed by atoms with Gasteiger partial charge in [-0.25, -0.2) is 13.6 Å². The summed E-state index contributed by atoms with van der Waals surface area (Å²) in [6.45, 7) is 4.16. The number of terminal acetylenes is 1. The number of hydrogen-bond donors (Lipinski definition) is 1. The molecule has 3 aliphatic heterocycles. The Morgan fingerprint density at radius 3 is 2.81 bits per heavy atom. The van der Waals surface area contributed by atoms with Gasteiger partial charge in [0.25, 0.3) is 0 Å². The van der Waals surface area contributed by atoms with E-state index in [-0.39, 0.29) is 52.3 Å². The van der Waals surface area contributed by atoms with Gasteiger partial charge in [0.05, 0.1) is 22.7 Å². The topological polar surface area (TPSA) is 101 Å². The van der Waals surface area contributed by atoms with Gasteiger partial charge in [0.2, 0.25) is 0 Å². The van der Waals surface area contributed by atoms with Crippen molar-refractivity contribution >= 4 is 27.5 Å². The van der Waals surface area contributed by atoms with Crippen LogP contribution in [0.4, 0.5) is 14.6 Å². The average molecular weight is 589 g/mol. The Kier molecular flexibility index (Phi) is 6.52. The minimum absolute atomic E-state index is 0.0173. The Morgan fingerprint density at radius 2 is 2.05 bits per heavy atom. The minimum Gasteiger partial charge on any atom is -0.508 e. The molecule has 0 unspecified atom stereocenters. The molecule has 1 N–H and O–H groups in total. The van der Waals surface area contributed by atoms with E-state index in [1.807, 2.05) is 4.90 Å². The predicted octanol–water partition coefficient (Wildman–Crippen LogP) is 4.33. The molecular formula is C32H30F2N4O5. The molecule has 2 aromatic heterocycles. The van der Waals surface area contributed by atoms with Crippen LogP contribution < -0.4 is 15.3 Å². The Balaban J connectivity index is 1.40. The number of fused-ring (bicyclic) bond motifs is 3. The molecule has 11 heteroatoms. The molecule has 43 heavy (non-hydrogen) atoms. The smallest absolute Gasteiger partial charge is 0.349 e. The standard InChI is InChI=1S/C32H30F2N4O5/c1-4-22-24(34)7-6-18-10-20(39)11-23(25(18)22)28-17(2)27-26(30(40)43-28)29(37-14-21(15-37)41-3)36-31(35-27)42-16-32-8-5-9-38(32)13-19(33)12-32/h1,6-7,10-11,19,21,39H,5,8-9,12-16H2,2-3H3/t19-,32+/m1/s1. The number of aromatic hydroxyl groups is 1. The lowest BCUT2D eigenvalue weighted by Crippen LogP contribution is -2.52. The lowest BCUT2D eigenvalue weighted by Gasteiger charge is -2.39. The molecule has 0 radical (unpaired) electrons. The van der Waals surface area contributed by atoms with Crippen LogP contribution in [0.15, 0.2) is 33.5 Å². The van der Waals surface area contributed by atoms with Gasteiger partial charge >= 0.3 is 11.6 Å². The Labute approximate surface area is 246 Å². The van der Waals surface area contributed by atoms with E-state index >= 15 is 0 Å². The summed E-state index contributed by atoms with van der Waals surface area (Å²) in [5.41, 5.74) is -0.136. The molecule has 9 nitrogen and oxygen atoms in total. The molecule has 2 aromatic carbocycles. The van der Waals surface area contributed by atoms with Crippen LogP contribution in [-0.4, -0.2) is 77.7 Å². The fourth-order valence-electron chi connectivity index (χ4n) is 6.92. The first-order chi connectivity index (χ1) is 20.7. The van der Waals surface area contributed by atoms with Gasteiger partial charge < -0.3 is 23.9 Å². The van der Waals surface area contributed by atoms with Crippen LogP contribution in [0.25, 0.3) is 33.0 Å². The van der Waals surface area contributed by atoms with Crippen molar-refractivity contribution in [1.82, 2.24) is 14.9 Å². The molecule has 2 atom stereocenters. The highest BCUT2D eigenvalue weighted by molar-refractivity contribution is 6.03. The molecule has 0 spiro atoms. The maximum absolute atomic E-state index is 14.8. The van der Waals surface area contributed by atoms with E-state index in [1.165, 1.54) is 24.3 Å². The predicted molar refractivity (Wildman–Crippen MR) is 157 cm³/mol. The second kappa shape index (κ2) is 10.2. The Bertz CT molecular complexity index is 1880. The van der Waals surface area contributed by atoms with Gasteiger partial charge in [0, 0.05) is 49.7 Å². The first-order valence-electron chi connectivity index (χ1n) is 14.3. The molecule has 0 aliphatic carbocycles. The summed E-state index contributed by atoms with van der Waals surface area (Å²) < 4.78 is 46.7.